The Labute approximate surface area is 69.1 Å². The Kier molecular flexibility index (Phi) is 170. The Morgan fingerprint density at radius 2 is 0.500 bits per heavy atom. The molecule has 0 rings (SSSR count). The van der Waals surface area contributed by atoms with Crippen molar-refractivity contribution in [3.63, 3.8) is 0 Å². The number of rotatable bonds is 0. The van der Waals surface area contributed by atoms with E-state index in [2.05, 4.69) is 0 Å². The molecule has 0 fully saturated rings. The van der Waals surface area contributed by atoms with Crippen molar-refractivity contribution in [1.29, 1.82) is 0 Å². The molecule has 0 nitrogen and oxygen atoms in total. The van der Waals surface area contributed by atoms with Crippen LogP contribution in [-0.4, -0.2) is 17.6 Å². The van der Waals surface area contributed by atoms with Gasteiger partial charge in [-0.2, -0.15) is 0 Å². The van der Waals surface area contributed by atoms with Gasteiger partial charge in [0, 0.05) is 69.7 Å². The molecule has 0 aromatic carbocycles. The van der Waals surface area contributed by atoms with Gasteiger partial charge < -0.3 is 0 Å². The van der Waals surface area contributed by atoms with Crippen LogP contribution in [-0.2, 0) is 52.1 Å². The van der Waals surface area contributed by atoms with Gasteiger partial charge in [-0.1, -0.05) is 0 Å². The van der Waals surface area contributed by atoms with Crippen molar-refractivity contribution in [2.24, 2.45) is 0 Å². The van der Waals surface area contributed by atoms with Gasteiger partial charge in [-0.05, 0) is 0 Å². The van der Waals surface area contributed by atoms with Gasteiger partial charge in [-0.3, -0.25) is 0 Å². The smallest absolute Gasteiger partial charge is 0 e. The van der Waals surface area contributed by atoms with E-state index in [4.69, 9.17) is 0 Å². The van der Waals surface area contributed by atoms with Gasteiger partial charge >= 0.3 is 0 Å². The molecule has 0 atom stereocenters. The third kappa shape index (κ3) is 8.91. The molecule has 0 spiro atoms. The number of hydrogen-bond acceptors (Lipinski definition) is 0. The standard InChI is InChI=1S/3Cr.Ge. The second-order valence-electron chi connectivity index (χ2n) is 0. The van der Waals surface area contributed by atoms with E-state index in [-0.39, 0.29) is 69.7 Å². The molecule has 0 aliphatic carbocycles. The molecule has 0 aromatic heterocycles. The predicted molar refractivity (Wildman–Crippen MR) is 5.75 cm³/mol. The fourth-order valence-electron chi connectivity index (χ4n) is 0. The van der Waals surface area contributed by atoms with Gasteiger partial charge in [-0.25, -0.2) is 0 Å². The molecule has 0 unspecified atom stereocenters. The topological polar surface area (TPSA) is 0 Å². The minimum absolute atomic E-state index is 0. The van der Waals surface area contributed by atoms with Crippen molar-refractivity contribution in [3.05, 3.63) is 0 Å². The molecule has 0 aliphatic heterocycles. The maximum atomic E-state index is 0. The first-order valence-corrected chi connectivity index (χ1v) is 0. The van der Waals surface area contributed by atoms with Crippen LogP contribution in [0.25, 0.3) is 0 Å². The molecule has 0 aromatic rings. The first-order valence-electron chi connectivity index (χ1n) is 0. The molecule has 0 amide bonds. The fraction of sp³-hybridized carbons (Fsp3) is 0. The summed E-state index contributed by atoms with van der Waals surface area (Å²) in [5, 5.41) is 0. The van der Waals surface area contributed by atoms with E-state index in [1.165, 1.54) is 0 Å². The normalized spacial score (nSPS) is 0. The SMILES string of the molecule is [Cr].[Cr].[Cr].[Ge]. The first kappa shape index (κ1) is 35.4. The van der Waals surface area contributed by atoms with Gasteiger partial charge in [0.25, 0.3) is 0 Å². The fourth-order valence-corrected chi connectivity index (χ4v) is 0. The summed E-state index contributed by atoms with van der Waals surface area (Å²) in [6.07, 6.45) is 0. The summed E-state index contributed by atoms with van der Waals surface area (Å²) in [5.41, 5.74) is 0. The molecule has 0 aliphatic rings. The minimum Gasteiger partial charge on any atom is 0 e. The maximum absolute atomic E-state index is 0. The Hall–Kier alpha value is 2.14. The third-order valence-electron chi connectivity index (χ3n) is 0. The van der Waals surface area contributed by atoms with Gasteiger partial charge in [0.15, 0.2) is 0 Å². The Balaban J connectivity index is 0. The van der Waals surface area contributed by atoms with E-state index in [1.807, 2.05) is 0 Å². The van der Waals surface area contributed by atoms with Crippen molar-refractivity contribution < 1.29 is 52.1 Å². The van der Waals surface area contributed by atoms with Crippen LogP contribution < -0.4 is 0 Å². The molecule has 0 saturated carbocycles. The molecule has 4 heavy (non-hydrogen) atoms. The van der Waals surface area contributed by atoms with Crippen molar-refractivity contribution in [2.75, 3.05) is 0 Å². The largest absolute Gasteiger partial charge is 0 e. The van der Waals surface area contributed by atoms with Gasteiger partial charge in [0.05, 0.1) is 0 Å². The second kappa shape index (κ2) is 19.2. The van der Waals surface area contributed by atoms with Crippen LogP contribution in [0.15, 0.2) is 0 Å². The minimum atomic E-state index is 0. The van der Waals surface area contributed by atoms with Crippen LogP contribution in [0.1, 0.15) is 0 Å². The third-order valence-corrected chi connectivity index (χ3v) is 0. The molecule has 0 N–H and O–H groups in total. The van der Waals surface area contributed by atoms with Crippen LogP contribution in [0, 0.1) is 0 Å². The summed E-state index contributed by atoms with van der Waals surface area (Å²) >= 11 is 0. The van der Waals surface area contributed by atoms with E-state index in [0.29, 0.717) is 0 Å². The predicted octanol–water partition coefficient (Wildman–Crippen LogP) is -0.388. The second-order valence-corrected chi connectivity index (χ2v) is 0. The van der Waals surface area contributed by atoms with Crippen molar-refractivity contribution in [1.82, 2.24) is 0 Å². The molecular weight excluding hydrogens is 229 g/mol. The van der Waals surface area contributed by atoms with Crippen molar-refractivity contribution in [2.45, 2.75) is 0 Å². The quantitative estimate of drug-likeness (QED) is 0.496. The zero-order valence-corrected chi connectivity index (χ0v) is 7.65. The average Bonchev–Trinajstić information content (AvgIpc) is 0. The summed E-state index contributed by atoms with van der Waals surface area (Å²) in [6.45, 7) is 0. The van der Waals surface area contributed by atoms with Crippen LogP contribution in [0.3, 0.4) is 0 Å². The van der Waals surface area contributed by atoms with E-state index in [0.717, 1.165) is 0 Å². The Bertz CT molecular complexity index is 3.25. The van der Waals surface area contributed by atoms with E-state index in [1.54, 1.807) is 0 Å². The van der Waals surface area contributed by atoms with E-state index < -0.39 is 0 Å². The van der Waals surface area contributed by atoms with Crippen LogP contribution in [0.2, 0.25) is 0 Å². The summed E-state index contributed by atoms with van der Waals surface area (Å²) in [6, 6.07) is 0. The monoisotopic (exact) mass is 230 g/mol. The molecule has 0 saturated heterocycles. The van der Waals surface area contributed by atoms with Crippen LogP contribution >= 0.6 is 0 Å². The molecular formula is Cr3Ge. The summed E-state index contributed by atoms with van der Waals surface area (Å²) in [4.78, 5) is 0. The van der Waals surface area contributed by atoms with Gasteiger partial charge in [0.2, 0.25) is 0 Å². The van der Waals surface area contributed by atoms with Crippen LogP contribution in [0.4, 0.5) is 0 Å². The average molecular weight is 229 g/mol. The zero-order chi connectivity index (χ0) is 0. The summed E-state index contributed by atoms with van der Waals surface area (Å²) in [7, 11) is 0. The summed E-state index contributed by atoms with van der Waals surface area (Å²) in [5.74, 6) is 0. The first-order chi connectivity index (χ1) is 0. The zero-order valence-electron chi connectivity index (χ0n) is 1.72. The van der Waals surface area contributed by atoms with E-state index >= 15 is 0 Å². The molecule has 0 bridgehead atoms. The molecule has 4 heteroatoms. The maximum Gasteiger partial charge on any atom is 0 e. The Morgan fingerprint density at radius 3 is 0.500 bits per heavy atom. The molecule has 0 heterocycles. The van der Waals surface area contributed by atoms with Crippen molar-refractivity contribution >= 4 is 17.6 Å². The van der Waals surface area contributed by atoms with Gasteiger partial charge in [-0.15, -0.1) is 0 Å². The van der Waals surface area contributed by atoms with E-state index in [9.17, 15) is 0 Å². The molecule has 22 valence electrons. The van der Waals surface area contributed by atoms with Crippen LogP contribution in [0.5, 0.6) is 0 Å². The van der Waals surface area contributed by atoms with Gasteiger partial charge in [0.1, 0.15) is 0 Å². The van der Waals surface area contributed by atoms with Crippen molar-refractivity contribution in [3.8, 4) is 0 Å². The summed E-state index contributed by atoms with van der Waals surface area (Å²) < 4.78 is 0. The molecule has 4 radical (unpaired) electrons. The Morgan fingerprint density at radius 1 is 0.500 bits per heavy atom. The number of hydrogen-bond donors (Lipinski definition) is 0.